The van der Waals surface area contributed by atoms with Crippen LogP contribution in [-0.2, 0) is 19.0 Å². The lowest BCUT2D eigenvalue weighted by atomic mass is 9.81. The van der Waals surface area contributed by atoms with Gasteiger partial charge in [-0.05, 0) is 44.9 Å². The summed E-state index contributed by atoms with van der Waals surface area (Å²) < 4.78 is 15.4. The molecule has 1 heterocycles. The van der Waals surface area contributed by atoms with Crippen molar-refractivity contribution in [2.75, 3.05) is 20.3 Å². The third-order valence-electron chi connectivity index (χ3n) is 4.16. The molecule has 2 fully saturated rings. The molecular formula is C14H24O4. The third-order valence-corrected chi connectivity index (χ3v) is 4.16. The van der Waals surface area contributed by atoms with Crippen molar-refractivity contribution in [3.63, 3.8) is 0 Å². The third kappa shape index (κ3) is 3.69. The van der Waals surface area contributed by atoms with E-state index in [9.17, 15) is 4.79 Å². The van der Waals surface area contributed by atoms with Crippen LogP contribution in [0.5, 0.6) is 0 Å². The van der Waals surface area contributed by atoms with Crippen LogP contribution in [0.4, 0.5) is 0 Å². The average Bonchev–Trinajstić information content (AvgIpc) is 3.00. The second kappa shape index (κ2) is 6.02. The molecule has 0 radical (unpaired) electrons. The van der Waals surface area contributed by atoms with Crippen molar-refractivity contribution in [2.45, 2.75) is 57.2 Å². The van der Waals surface area contributed by atoms with Crippen LogP contribution in [0.2, 0.25) is 0 Å². The number of methoxy groups -OCH3 is 1. The zero-order valence-electron chi connectivity index (χ0n) is 11.4. The number of ether oxygens (including phenoxy) is 3. The number of carbonyl (C=O) groups is 1. The Bertz CT molecular complexity index is 292. The quantitative estimate of drug-likeness (QED) is 0.398. The lowest BCUT2D eigenvalue weighted by molar-refractivity contribution is -0.148. The number of fused-ring (bicyclic) bond motifs is 1. The maximum absolute atomic E-state index is 11.0. The number of epoxide rings is 1. The Kier molecular flexibility index (Phi) is 4.62. The van der Waals surface area contributed by atoms with Crippen LogP contribution in [0.1, 0.15) is 45.4 Å². The first-order valence-electron chi connectivity index (χ1n) is 6.96. The Morgan fingerprint density at radius 2 is 2.28 bits per heavy atom. The van der Waals surface area contributed by atoms with Crippen molar-refractivity contribution in [3.05, 3.63) is 0 Å². The number of hydrogen-bond acceptors (Lipinski definition) is 4. The van der Waals surface area contributed by atoms with E-state index in [0.29, 0.717) is 12.7 Å². The molecule has 3 unspecified atom stereocenters. The number of carbonyl (C=O) groups excluding carboxylic acids is 1. The highest BCUT2D eigenvalue weighted by Crippen LogP contribution is 2.50. The zero-order valence-corrected chi connectivity index (χ0v) is 11.4. The second-order valence-electron chi connectivity index (χ2n) is 5.71. The predicted molar refractivity (Wildman–Crippen MR) is 67.3 cm³/mol. The summed E-state index contributed by atoms with van der Waals surface area (Å²) in [5, 5.41) is 0. The highest BCUT2D eigenvalue weighted by Gasteiger charge is 2.54. The van der Waals surface area contributed by atoms with Crippen molar-refractivity contribution in [1.82, 2.24) is 0 Å². The van der Waals surface area contributed by atoms with Gasteiger partial charge in [-0.3, -0.25) is 0 Å². The van der Waals surface area contributed by atoms with Gasteiger partial charge in [-0.1, -0.05) is 6.42 Å². The van der Waals surface area contributed by atoms with Crippen LogP contribution in [0.3, 0.4) is 0 Å². The monoisotopic (exact) mass is 256 g/mol. The van der Waals surface area contributed by atoms with Crippen molar-refractivity contribution < 1.29 is 19.0 Å². The van der Waals surface area contributed by atoms with Crippen LogP contribution in [0.25, 0.3) is 0 Å². The van der Waals surface area contributed by atoms with Gasteiger partial charge in [-0.25, -0.2) is 4.79 Å². The van der Waals surface area contributed by atoms with Crippen molar-refractivity contribution >= 4 is 5.97 Å². The summed E-state index contributed by atoms with van der Waals surface area (Å²) >= 11 is 0. The fourth-order valence-corrected chi connectivity index (χ4v) is 2.86. The molecule has 4 nitrogen and oxygen atoms in total. The van der Waals surface area contributed by atoms with Crippen LogP contribution in [0.15, 0.2) is 0 Å². The molecule has 2 rings (SSSR count). The molecule has 104 valence electrons. The van der Waals surface area contributed by atoms with E-state index in [1.54, 1.807) is 0 Å². The lowest BCUT2D eigenvalue weighted by Crippen LogP contribution is -2.21. The van der Waals surface area contributed by atoms with Crippen molar-refractivity contribution in [3.8, 4) is 0 Å². The van der Waals surface area contributed by atoms with Crippen molar-refractivity contribution in [2.24, 2.45) is 5.92 Å². The molecule has 2 aliphatic rings. The van der Waals surface area contributed by atoms with E-state index in [1.807, 2.05) is 0 Å². The molecule has 1 saturated carbocycles. The molecule has 1 saturated heterocycles. The number of hydrogen-bond donors (Lipinski definition) is 0. The topological polar surface area (TPSA) is 48.1 Å². The molecule has 0 aromatic heterocycles. The Morgan fingerprint density at radius 3 is 3.00 bits per heavy atom. The van der Waals surface area contributed by atoms with Gasteiger partial charge in [0.1, 0.15) is 6.61 Å². The van der Waals surface area contributed by atoms with Crippen LogP contribution in [-0.4, -0.2) is 38.0 Å². The largest absolute Gasteiger partial charge is 0.464 e. The van der Waals surface area contributed by atoms with E-state index in [-0.39, 0.29) is 18.2 Å². The first kappa shape index (κ1) is 13.8. The molecule has 0 aromatic carbocycles. The maximum Gasteiger partial charge on any atom is 0.332 e. The smallest absolute Gasteiger partial charge is 0.332 e. The van der Waals surface area contributed by atoms with Crippen LogP contribution >= 0.6 is 0 Å². The minimum Gasteiger partial charge on any atom is -0.464 e. The lowest BCUT2D eigenvalue weighted by Gasteiger charge is -2.22. The summed E-state index contributed by atoms with van der Waals surface area (Å²) in [5.74, 6) is 0.539. The molecule has 3 atom stereocenters. The molecule has 0 aromatic rings. The highest BCUT2D eigenvalue weighted by molar-refractivity contribution is 5.70. The van der Waals surface area contributed by atoms with E-state index in [1.165, 1.54) is 32.8 Å². The van der Waals surface area contributed by atoms with Gasteiger partial charge in [0.15, 0.2) is 0 Å². The fourth-order valence-electron chi connectivity index (χ4n) is 2.86. The summed E-state index contributed by atoms with van der Waals surface area (Å²) in [7, 11) is 1.50. The van der Waals surface area contributed by atoms with Crippen molar-refractivity contribution in [1.29, 1.82) is 0 Å². The average molecular weight is 256 g/mol. The summed E-state index contributed by atoms with van der Waals surface area (Å²) in [5.41, 5.74) is 0.228. The molecular weight excluding hydrogens is 232 g/mol. The molecule has 0 N–H and O–H groups in total. The van der Waals surface area contributed by atoms with Gasteiger partial charge in [0.25, 0.3) is 0 Å². The number of rotatable bonds is 7. The predicted octanol–water partition coefficient (Wildman–Crippen LogP) is 2.30. The minimum absolute atomic E-state index is 0.0558. The van der Waals surface area contributed by atoms with E-state index >= 15 is 0 Å². The Hall–Kier alpha value is -0.610. The number of esters is 1. The molecule has 1 aliphatic carbocycles. The number of unbranched alkanes of at least 4 members (excludes halogenated alkanes) is 1. The van der Waals surface area contributed by atoms with Gasteiger partial charge in [0, 0.05) is 7.11 Å². The Morgan fingerprint density at radius 1 is 1.44 bits per heavy atom. The van der Waals surface area contributed by atoms with Gasteiger partial charge < -0.3 is 14.2 Å². The second-order valence-corrected chi connectivity index (χ2v) is 5.71. The molecule has 1 aliphatic heterocycles. The Balaban J connectivity index is 1.48. The highest BCUT2D eigenvalue weighted by atomic mass is 16.6. The fraction of sp³-hybridized carbons (Fsp3) is 0.929. The molecule has 0 spiro atoms. The van der Waals surface area contributed by atoms with Gasteiger partial charge >= 0.3 is 5.97 Å². The molecule has 18 heavy (non-hydrogen) atoms. The Labute approximate surface area is 109 Å². The van der Waals surface area contributed by atoms with E-state index in [2.05, 4.69) is 6.92 Å². The van der Waals surface area contributed by atoms with Gasteiger partial charge in [0.05, 0.1) is 18.3 Å². The standard InChI is InChI=1S/C14H24O4/c1-14-7-6-11(9-12(14)18-14)5-3-4-8-17-13(15)10-16-2/h11-12H,3-10H2,1-2H3. The maximum atomic E-state index is 11.0. The molecule has 4 heteroatoms. The normalized spacial score (nSPS) is 33.9. The van der Waals surface area contributed by atoms with E-state index < -0.39 is 0 Å². The first-order chi connectivity index (χ1) is 8.64. The zero-order chi connectivity index (χ0) is 13.0. The summed E-state index contributed by atoms with van der Waals surface area (Å²) in [6.45, 7) is 2.80. The molecule has 0 amide bonds. The van der Waals surface area contributed by atoms with Gasteiger partial charge in [-0.2, -0.15) is 0 Å². The van der Waals surface area contributed by atoms with Crippen LogP contribution < -0.4 is 0 Å². The SMILES string of the molecule is COCC(=O)OCCCCC1CCC2(C)OC2C1. The van der Waals surface area contributed by atoms with Gasteiger partial charge in [-0.15, -0.1) is 0 Å². The summed E-state index contributed by atoms with van der Waals surface area (Å²) in [6, 6.07) is 0. The minimum atomic E-state index is -0.266. The van der Waals surface area contributed by atoms with Gasteiger partial charge in [0.2, 0.25) is 0 Å². The summed E-state index contributed by atoms with van der Waals surface area (Å²) in [4.78, 5) is 11.0. The first-order valence-corrected chi connectivity index (χ1v) is 6.96. The van der Waals surface area contributed by atoms with Crippen LogP contribution in [0, 0.1) is 5.92 Å². The van der Waals surface area contributed by atoms with E-state index in [4.69, 9.17) is 14.2 Å². The molecule has 0 bridgehead atoms. The van der Waals surface area contributed by atoms with E-state index in [0.717, 1.165) is 18.8 Å². The summed E-state index contributed by atoms with van der Waals surface area (Å²) in [6.07, 6.45) is 7.57.